The van der Waals surface area contributed by atoms with Crippen LogP contribution in [0, 0.1) is 17.0 Å². The van der Waals surface area contributed by atoms with Crippen molar-refractivity contribution in [1.29, 1.82) is 0 Å². The Bertz CT molecular complexity index is 1940. The molecule has 280 valence electrons. The minimum absolute atomic E-state index is 0.0164. The number of carboxylic acids is 1. The molecular weight excluding hydrogens is 753 g/mol. The summed E-state index contributed by atoms with van der Waals surface area (Å²) in [5.74, 6) is -1.51. The predicted molar refractivity (Wildman–Crippen MR) is 193 cm³/mol. The van der Waals surface area contributed by atoms with Gasteiger partial charge in [0.15, 0.2) is 23.9 Å². The van der Waals surface area contributed by atoms with Gasteiger partial charge in [-0.25, -0.2) is 9.59 Å². The maximum Gasteiger partial charge on any atom is 0.415 e. The van der Waals surface area contributed by atoms with E-state index >= 15 is 0 Å². The Morgan fingerprint density at radius 3 is 2.47 bits per heavy atom. The molecule has 4 aromatic rings. The van der Waals surface area contributed by atoms with Gasteiger partial charge < -0.3 is 24.5 Å². The minimum Gasteiger partial charge on any atom is -0.619 e. The van der Waals surface area contributed by atoms with Crippen molar-refractivity contribution in [3.63, 3.8) is 0 Å². The van der Waals surface area contributed by atoms with Crippen LogP contribution in [0.2, 0.25) is 10.0 Å². The summed E-state index contributed by atoms with van der Waals surface area (Å²) >= 11 is 14.1. The molecule has 1 amide bonds. The lowest BCUT2D eigenvalue weighted by Gasteiger charge is -2.44. The van der Waals surface area contributed by atoms with Crippen molar-refractivity contribution in [2.75, 3.05) is 31.1 Å². The first-order valence-corrected chi connectivity index (χ1v) is 18.8. The summed E-state index contributed by atoms with van der Waals surface area (Å²) in [4.78, 5) is 35.2. The second kappa shape index (κ2) is 16.0. The monoisotopic (exact) mass is 788 g/mol. The predicted octanol–water partition coefficient (Wildman–Crippen LogP) is 7.78. The lowest BCUT2D eigenvalue weighted by Crippen LogP contribution is -2.53. The topological polar surface area (TPSA) is 128 Å². The molecule has 4 aliphatic rings. The minimum atomic E-state index is -3.10. The van der Waals surface area contributed by atoms with Crippen molar-refractivity contribution in [1.82, 2.24) is 9.88 Å². The highest BCUT2D eigenvalue weighted by molar-refractivity contribution is 7.14. The quantitative estimate of drug-likeness (QED) is 0.101. The molecule has 0 spiro atoms. The Labute approximate surface area is 318 Å². The third-order valence-electron chi connectivity index (χ3n) is 9.95. The van der Waals surface area contributed by atoms with E-state index in [-0.39, 0.29) is 51.4 Å². The molecule has 0 radical (unpaired) electrons. The molecule has 3 aromatic heterocycles. The first kappa shape index (κ1) is 37.1. The smallest absolute Gasteiger partial charge is 0.415 e. The number of hydrogen-bond acceptors (Lipinski definition) is 9. The van der Waals surface area contributed by atoms with E-state index in [4.69, 9.17) is 37.4 Å². The average Bonchev–Trinajstić information content (AvgIpc) is 3.87. The number of alkyl halides is 2. The van der Waals surface area contributed by atoms with Gasteiger partial charge in [-0.3, -0.25) is 14.8 Å². The number of fused-ring (bicyclic) bond motifs is 3. The van der Waals surface area contributed by atoms with Crippen LogP contribution in [0.1, 0.15) is 62.8 Å². The molecule has 2 bridgehead atoms. The van der Waals surface area contributed by atoms with Gasteiger partial charge in [-0.1, -0.05) is 29.3 Å². The van der Waals surface area contributed by atoms with Crippen molar-refractivity contribution in [2.24, 2.45) is 11.8 Å². The molecule has 6 heterocycles. The van der Waals surface area contributed by atoms with Crippen molar-refractivity contribution in [3.8, 4) is 11.5 Å². The number of rotatable bonds is 14. The third kappa shape index (κ3) is 8.77. The summed E-state index contributed by atoms with van der Waals surface area (Å²) in [6.07, 6.45) is 8.45. The van der Waals surface area contributed by atoms with Crippen LogP contribution in [0.15, 0.2) is 61.2 Å². The molecule has 53 heavy (non-hydrogen) atoms. The number of halogens is 4. The second-order valence-electron chi connectivity index (χ2n) is 13.5. The molecule has 1 N–H and O–H groups in total. The number of ether oxygens (including phenoxy) is 3. The number of anilines is 1. The van der Waals surface area contributed by atoms with E-state index in [1.54, 1.807) is 42.7 Å². The SMILES string of the molecule is O=C(O)c1sc(CN(C(=O)O[C@H]2CN3CCC2CC3)c2cccnc2)cc1[C@@H](Cc1c(Cl)c[n+]([O-])cc1Cl)c1ccc(OC(F)F)c(OCC2CC2)c1. The van der Waals surface area contributed by atoms with Crippen molar-refractivity contribution < 1.29 is 42.4 Å². The van der Waals surface area contributed by atoms with E-state index in [0.717, 1.165) is 62.5 Å². The Hall–Kier alpha value is -4.24. The molecule has 1 aliphatic carbocycles. The number of pyridine rings is 2. The lowest BCUT2D eigenvalue weighted by atomic mass is 9.85. The number of thiophene rings is 1. The molecule has 3 aliphatic heterocycles. The molecular formula is C37H36Cl2F2N4O7S. The highest BCUT2D eigenvalue weighted by Gasteiger charge is 2.38. The molecule has 2 atom stereocenters. The summed E-state index contributed by atoms with van der Waals surface area (Å²) in [7, 11) is 0. The fourth-order valence-corrected chi connectivity index (χ4v) is 8.65. The van der Waals surface area contributed by atoms with Crippen LogP contribution < -0.4 is 19.1 Å². The maximum absolute atomic E-state index is 13.9. The van der Waals surface area contributed by atoms with Gasteiger partial charge in [0.05, 0.1) is 25.0 Å². The number of aromatic nitrogens is 2. The standard InChI is InChI=1S/C37H36Cl2F2N4O7S/c38-29-17-44(49)18-30(39)28(29)14-26(23-5-6-31(51-36(40)41)32(12-23)50-20-21-3-4-21)27-13-25(53-34(27)35(46)47)16-45(24-2-1-9-42-15-24)37(48)52-33-19-43-10-7-22(33)8-11-43/h1-2,5-6,9,12-13,15,17-18,21-22,26,33,36H,3-4,7-8,10-11,14,16,19-20H2,(H,46,47)/t26-,33-/m0/s1. The summed E-state index contributed by atoms with van der Waals surface area (Å²) in [5, 5.41) is 22.8. The van der Waals surface area contributed by atoms with Crippen molar-refractivity contribution >= 4 is 52.3 Å². The Morgan fingerprint density at radius 1 is 1.09 bits per heavy atom. The van der Waals surface area contributed by atoms with E-state index in [9.17, 15) is 28.7 Å². The van der Waals surface area contributed by atoms with Crippen LogP contribution in [0.4, 0.5) is 19.3 Å². The maximum atomic E-state index is 13.9. The van der Waals surface area contributed by atoms with Crippen LogP contribution in [-0.4, -0.2) is 66.0 Å². The molecule has 8 rings (SSSR count). The zero-order valence-corrected chi connectivity index (χ0v) is 30.7. The highest BCUT2D eigenvalue weighted by Crippen LogP contribution is 2.42. The van der Waals surface area contributed by atoms with E-state index < -0.39 is 24.6 Å². The van der Waals surface area contributed by atoms with Gasteiger partial charge in [-0.2, -0.15) is 13.5 Å². The van der Waals surface area contributed by atoms with Crippen LogP contribution in [0.25, 0.3) is 0 Å². The number of piperidine rings is 3. The molecule has 4 fully saturated rings. The number of benzene rings is 1. The van der Waals surface area contributed by atoms with Crippen LogP contribution in [0.5, 0.6) is 11.5 Å². The van der Waals surface area contributed by atoms with Gasteiger partial charge in [0, 0.05) is 29.1 Å². The van der Waals surface area contributed by atoms with Crippen LogP contribution >= 0.6 is 34.5 Å². The van der Waals surface area contributed by atoms with E-state index in [2.05, 4.69) is 9.88 Å². The third-order valence-corrected chi connectivity index (χ3v) is 11.7. The van der Waals surface area contributed by atoms with E-state index in [0.29, 0.717) is 51.1 Å². The Morgan fingerprint density at radius 2 is 1.85 bits per heavy atom. The molecule has 16 heteroatoms. The van der Waals surface area contributed by atoms with E-state index in [1.165, 1.54) is 11.0 Å². The summed E-state index contributed by atoms with van der Waals surface area (Å²) in [6.45, 7) is -0.197. The van der Waals surface area contributed by atoms with Crippen LogP contribution in [0.3, 0.4) is 0 Å². The van der Waals surface area contributed by atoms with Crippen LogP contribution in [-0.2, 0) is 17.7 Å². The van der Waals surface area contributed by atoms with Gasteiger partial charge in [0.1, 0.15) is 21.0 Å². The number of amides is 1. The average molecular weight is 790 g/mol. The molecule has 0 unspecified atom stereocenters. The lowest BCUT2D eigenvalue weighted by molar-refractivity contribution is -0.605. The Kier molecular flexibility index (Phi) is 11.2. The Balaban J connectivity index is 1.27. The fraction of sp³-hybridized carbons (Fsp3) is 0.405. The molecule has 1 aromatic carbocycles. The van der Waals surface area contributed by atoms with Gasteiger partial charge in [-0.05, 0) is 98.5 Å². The second-order valence-corrected chi connectivity index (χ2v) is 15.5. The number of carbonyl (C=O) groups is 2. The number of nitrogens with zero attached hydrogens (tertiary/aromatic N) is 4. The zero-order chi connectivity index (χ0) is 37.2. The van der Waals surface area contributed by atoms with Crippen molar-refractivity contribution in [2.45, 2.75) is 57.3 Å². The summed E-state index contributed by atoms with van der Waals surface area (Å²) in [5.41, 5.74) is 1.71. The van der Waals surface area contributed by atoms with Gasteiger partial charge >= 0.3 is 18.7 Å². The first-order chi connectivity index (χ1) is 25.5. The number of hydrogen-bond donors (Lipinski definition) is 1. The molecule has 3 saturated heterocycles. The van der Waals surface area contributed by atoms with Crippen molar-refractivity contribution in [3.05, 3.63) is 103 Å². The number of aromatic carboxylic acids is 1. The fourth-order valence-electron chi connectivity index (χ4n) is 7.01. The number of carbonyl (C=O) groups excluding carboxylic acids is 1. The summed E-state index contributed by atoms with van der Waals surface area (Å²) < 4.78 is 44.1. The number of carboxylic acid groups (broad SMARTS) is 1. The highest BCUT2D eigenvalue weighted by atomic mass is 35.5. The first-order valence-electron chi connectivity index (χ1n) is 17.3. The van der Waals surface area contributed by atoms with Gasteiger partial charge in [0.25, 0.3) is 0 Å². The summed E-state index contributed by atoms with van der Waals surface area (Å²) in [6, 6.07) is 9.61. The molecule has 1 saturated carbocycles. The molecule has 11 nitrogen and oxygen atoms in total. The largest absolute Gasteiger partial charge is 0.619 e. The normalized spacial score (nSPS) is 19.9. The van der Waals surface area contributed by atoms with Gasteiger partial charge in [-0.15, -0.1) is 11.3 Å². The van der Waals surface area contributed by atoms with Gasteiger partial charge in [0.2, 0.25) is 0 Å². The van der Waals surface area contributed by atoms with E-state index in [1.807, 2.05) is 0 Å². The zero-order valence-electron chi connectivity index (χ0n) is 28.3.